The minimum atomic E-state index is -0.00179. The number of rotatable bonds is 9. The predicted octanol–water partition coefficient (Wildman–Crippen LogP) is 14.9. The highest BCUT2D eigenvalue weighted by Gasteiger charge is 2.37. The van der Waals surface area contributed by atoms with Crippen molar-refractivity contribution in [3.8, 4) is 22.3 Å². The number of hydrogen-bond donors (Lipinski definition) is 1. The van der Waals surface area contributed by atoms with Crippen LogP contribution in [-0.4, -0.2) is 4.98 Å². The number of fused-ring (bicyclic) bond motifs is 7. The second kappa shape index (κ2) is 14.2. The van der Waals surface area contributed by atoms with E-state index in [-0.39, 0.29) is 11.5 Å². The Balaban J connectivity index is 1.21. The van der Waals surface area contributed by atoms with Crippen molar-refractivity contribution in [3.63, 3.8) is 0 Å². The van der Waals surface area contributed by atoms with Gasteiger partial charge in [0.2, 0.25) is 0 Å². The van der Waals surface area contributed by atoms with Gasteiger partial charge in [-0.2, -0.15) is 0 Å². The Morgan fingerprint density at radius 2 is 1.61 bits per heavy atom. The maximum Gasteiger partial charge on any atom is 0.0653 e. The van der Waals surface area contributed by atoms with E-state index in [1.807, 2.05) is 13.0 Å². The van der Waals surface area contributed by atoms with Crippen LogP contribution in [-0.2, 0) is 11.8 Å². The second-order valence-electron chi connectivity index (χ2n) is 15.9. The Morgan fingerprint density at radius 1 is 0.839 bits per heavy atom. The van der Waals surface area contributed by atoms with E-state index in [0.717, 1.165) is 30.4 Å². The van der Waals surface area contributed by atoms with Gasteiger partial charge in [-0.05, 0) is 119 Å². The van der Waals surface area contributed by atoms with Crippen LogP contribution >= 0.6 is 0 Å². The topological polar surface area (TPSA) is 19.0 Å². The molecule has 276 valence electrons. The zero-order valence-electron chi connectivity index (χ0n) is 33.3. The third-order valence-corrected chi connectivity index (χ3v) is 12.5. The summed E-state index contributed by atoms with van der Waals surface area (Å²) in [5, 5.41) is 1.26. The van der Waals surface area contributed by atoms with Crippen LogP contribution in [0.3, 0.4) is 0 Å². The largest absolute Gasteiger partial charge is 0.354 e. The monoisotopic (exact) mass is 726 g/mol. The highest BCUT2D eigenvalue weighted by atomic mass is 15.2. The normalized spacial score (nSPS) is 16.8. The molecule has 0 spiro atoms. The van der Waals surface area contributed by atoms with Gasteiger partial charge in [-0.25, -0.2) is 0 Å². The number of para-hydroxylation sites is 1. The van der Waals surface area contributed by atoms with E-state index >= 15 is 0 Å². The van der Waals surface area contributed by atoms with Gasteiger partial charge in [-0.1, -0.05) is 154 Å². The second-order valence-corrected chi connectivity index (χ2v) is 15.9. The number of H-pyrrole nitrogens is 1. The molecule has 3 aliphatic carbocycles. The number of benzene rings is 5. The van der Waals surface area contributed by atoms with Crippen LogP contribution in [0.25, 0.3) is 50.4 Å². The molecule has 2 heteroatoms. The van der Waals surface area contributed by atoms with Crippen molar-refractivity contribution in [2.24, 2.45) is 0 Å². The van der Waals surface area contributed by atoms with Crippen LogP contribution in [0.15, 0.2) is 158 Å². The molecule has 0 bridgehead atoms. The lowest BCUT2D eigenvalue weighted by Crippen LogP contribution is -2.25. The lowest BCUT2D eigenvalue weighted by Gasteiger charge is -2.36. The molecule has 1 heterocycles. The lowest BCUT2D eigenvalue weighted by molar-refractivity contribution is 0.617. The van der Waals surface area contributed by atoms with E-state index in [4.69, 9.17) is 0 Å². The van der Waals surface area contributed by atoms with Gasteiger partial charge in [-0.3, -0.25) is 0 Å². The summed E-state index contributed by atoms with van der Waals surface area (Å²) in [4.78, 5) is 6.46. The SMILES string of the molecule is C=C/C(=C\C=C/C)c1cccc2c3c([nH]c12)C=CCC3N(c1ccc(-c2cccc3c2C(/C=C\C)=C(CC)C3(C)C)cc1)c1ccc2c(c1)-c1ccccc1C2. The molecular formula is C54H50N2. The molecule has 0 amide bonds. The first kappa shape index (κ1) is 35.6. The fraction of sp³-hybridized carbons (Fsp3) is 0.185. The summed E-state index contributed by atoms with van der Waals surface area (Å²) in [5.74, 6) is 0. The van der Waals surface area contributed by atoms with Gasteiger partial charge in [0.05, 0.1) is 11.6 Å². The van der Waals surface area contributed by atoms with Gasteiger partial charge in [0.15, 0.2) is 0 Å². The van der Waals surface area contributed by atoms with Crippen LogP contribution in [0.5, 0.6) is 0 Å². The standard InChI is InChI=1S/C54H50N2/c1-7-11-18-35(9-3)43-22-14-23-45-52-49(55-53(43)45)25-16-26-50(52)56(40-32-29-38-33-37-19-12-13-20-41(37)46(38)34-40)39-30-27-36(28-31-39)42-21-15-24-48-51(42)44(17-8-2)47(10-4)54(48,5)6/h7-9,11-25,27-32,34,50,55H,3,10,26,33H2,1-2,4-6H3/b11-7-,17-8-,35-18+. The molecule has 5 aromatic carbocycles. The van der Waals surface area contributed by atoms with Crippen LogP contribution in [0.2, 0.25) is 0 Å². The van der Waals surface area contributed by atoms with Gasteiger partial charge in [0, 0.05) is 39.0 Å². The van der Waals surface area contributed by atoms with E-state index in [1.54, 1.807) is 0 Å². The minimum absolute atomic E-state index is 0.00179. The number of aromatic nitrogens is 1. The molecule has 0 aliphatic heterocycles. The molecule has 1 unspecified atom stereocenters. The fourth-order valence-electron chi connectivity index (χ4n) is 9.93. The maximum absolute atomic E-state index is 4.18. The van der Waals surface area contributed by atoms with Gasteiger partial charge >= 0.3 is 0 Å². The molecule has 0 saturated carbocycles. The Bertz CT molecular complexity index is 2680. The third-order valence-electron chi connectivity index (χ3n) is 12.5. The first-order valence-corrected chi connectivity index (χ1v) is 20.3. The Kier molecular flexibility index (Phi) is 9.01. The molecular weight excluding hydrogens is 677 g/mol. The number of nitrogens with one attached hydrogen (secondary N) is 1. The van der Waals surface area contributed by atoms with Gasteiger partial charge in [0.25, 0.3) is 0 Å². The summed E-state index contributed by atoms with van der Waals surface area (Å²) < 4.78 is 0. The van der Waals surface area contributed by atoms with Gasteiger partial charge in [0.1, 0.15) is 0 Å². The van der Waals surface area contributed by atoms with Crippen LogP contribution < -0.4 is 4.90 Å². The summed E-state index contributed by atoms with van der Waals surface area (Å²) in [7, 11) is 0. The first-order valence-electron chi connectivity index (χ1n) is 20.3. The summed E-state index contributed by atoms with van der Waals surface area (Å²) >= 11 is 0. The number of hydrogen-bond acceptors (Lipinski definition) is 1. The van der Waals surface area contributed by atoms with Crippen LogP contribution in [0.1, 0.15) is 92.6 Å². The molecule has 1 N–H and O–H groups in total. The highest BCUT2D eigenvalue weighted by molar-refractivity contribution is 5.99. The quantitative estimate of drug-likeness (QED) is 0.147. The fourth-order valence-corrected chi connectivity index (χ4v) is 9.93. The zero-order valence-corrected chi connectivity index (χ0v) is 33.3. The Morgan fingerprint density at radius 3 is 2.39 bits per heavy atom. The van der Waals surface area contributed by atoms with Crippen LogP contribution in [0, 0.1) is 0 Å². The molecule has 1 aromatic heterocycles. The number of anilines is 2. The molecule has 0 radical (unpaired) electrons. The molecule has 3 aliphatic rings. The zero-order chi connectivity index (χ0) is 38.6. The van der Waals surface area contributed by atoms with E-state index in [9.17, 15) is 0 Å². The molecule has 56 heavy (non-hydrogen) atoms. The van der Waals surface area contributed by atoms with E-state index in [0.29, 0.717) is 0 Å². The van der Waals surface area contributed by atoms with E-state index < -0.39 is 0 Å². The highest BCUT2D eigenvalue weighted by Crippen LogP contribution is 2.52. The van der Waals surface area contributed by atoms with E-state index in [2.05, 4.69) is 190 Å². The van der Waals surface area contributed by atoms with Crippen molar-refractivity contribution in [1.82, 2.24) is 4.98 Å². The first-order chi connectivity index (χ1) is 27.4. The summed E-state index contributed by atoms with van der Waals surface area (Å²) in [6.07, 6.45) is 20.3. The van der Waals surface area contributed by atoms with Crippen molar-refractivity contribution in [2.45, 2.75) is 65.3 Å². The van der Waals surface area contributed by atoms with Crippen molar-refractivity contribution in [2.75, 3.05) is 4.90 Å². The molecule has 0 saturated heterocycles. The summed E-state index contributed by atoms with van der Waals surface area (Å²) in [5.41, 5.74) is 22.1. The number of nitrogens with zero attached hydrogens (tertiary/aromatic N) is 1. The summed E-state index contributed by atoms with van der Waals surface area (Å²) in [6, 6.07) is 39.1. The van der Waals surface area contributed by atoms with Crippen molar-refractivity contribution in [1.29, 1.82) is 0 Å². The number of aromatic amines is 1. The molecule has 2 nitrogen and oxygen atoms in total. The van der Waals surface area contributed by atoms with E-state index in [1.165, 1.54) is 89.2 Å². The van der Waals surface area contributed by atoms with Crippen LogP contribution in [0.4, 0.5) is 11.4 Å². The lowest BCUT2D eigenvalue weighted by atomic mass is 9.79. The minimum Gasteiger partial charge on any atom is -0.354 e. The average Bonchev–Trinajstić information content (AvgIpc) is 3.86. The molecule has 1 atom stereocenters. The number of allylic oxidation sites excluding steroid dienone is 9. The summed E-state index contributed by atoms with van der Waals surface area (Å²) in [6.45, 7) is 15.4. The van der Waals surface area contributed by atoms with Gasteiger partial charge < -0.3 is 9.88 Å². The third kappa shape index (κ3) is 5.62. The maximum atomic E-state index is 4.18. The van der Waals surface area contributed by atoms with Crippen molar-refractivity contribution < 1.29 is 0 Å². The Labute approximate surface area is 332 Å². The predicted molar refractivity (Wildman–Crippen MR) is 241 cm³/mol. The molecule has 9 rings (SSSR count). The smallest absolute Gasteiger partial charge is 0.0653 e. The van der Waals surface area contributed by atoms with Crippen molar-refractivity contribution in [3.05, 3.63) is 197 Å². The van der Waals surface area contributed by atoms with Gasteiger partial charge in [-0.15, -0.1) is 0 Å². The van der Waals surface area contributed by atoms with Crippen molar-refractivity contribution >= 4 is 39.5 Å². The molecule has 0 fully saturated rings. The molecule has 6 aromatic rings. The Hall–Kier alpha value is -6.12. The average molecular weight is 727 g/mol.